The van der Waals surface area contributed by atoms with Crippen LogP contribution in [-0.2, 0) is 10.0 Å². The maximum atomic E-state index is 12.5. The normalized spacial score (nSPS) is 11.0. The largest absolute Gasteiger partial charge is 0.439 e. The lowest BCUT2D eigenvalue weighted by molar-refractivity contribution is 0.459. The molecule has 160 valence electrons. The van der Waals surface area contributed by atoms with Gasteiger partial charge >= 0.3 is 0 Å². The van der Waals surface area contributed by atoms with Crippen LogP contribution in [0.2, 0.25) is 0 Å². The van der Waals surface area contributed by atoms with Gasteiger partial charge in [0.05, 0.1) is 16.5 Å². The van der Waals surface area contributed by atoms with Crippen LogP contribution in [0.3, 0.4) is 0 Å². The summed E-state index contributed by atoms with van der Waals surface area (Å²) in [5, 5.41) is 8.85. The first-order valence-corrected chi connectivity index (χ1v) is 11.0. The van der Waals surface area contributed by atoms with Crippen molar-refractivity contribution >= 4 is 15.7 Å². The zero-order chi connectivity index (χ0) is 22.7. The summed E-state index contributed by atoms with van der Waals surface area (Å²) in [6.45, 7) is 3.64. The molecule has 4 aromatic rings. The molecule has 0 atom stereocenters. The number of anilines is 1. The molecule has 0 aliphatic rings. The molecular formula is C22H18N6O3S. The number of aryl methyl sites for hydroxylation is 2. The predicted molar refractivity (Wildman–Crippen MR) is 117 cm³/mol. The highest BCUT2D eigenvalue weighted by molar-refractivity contribution is 7.92. The number of imidazole rings is 1. The van der Waals surface area contributed by atoms with Gasteiger partial charge in [-0.15, -0.1) is 0 Å². The Hall–Kier alpha value is -4.23. The smallest absolute Gasteiger partial charge is 0.261 e. The van der Waals surface area contributed by atoms with Crippen molar-refractivity contribution in [3.05, 3.63) is 84.2 Å². The molecule has 0 saturated carbocycles. The van der Waals surface area contributed by atoms with Gasteiger partial charge in [0, 0.05) is 24.1 Å². The van der Waals surface area contributed by atoms with Crippen molar-refractivity contribution in [3.8, 4) is 23.5 Å². The van der Waals surface area contributed by atoms with Crippen molar-refractivity contribution in [2.45, 2.75) is 18.7 Å². The van der Waals surface area contributed by atoms with Crippen LogP contribution in [0.25, 0.3) is 5.82 Å². The highest BCUT2D eigenvalue weighted by Gasteiger charge is 2.14. The van der Waals surface area contributed by atoms with Crippen LogP contribution in [0.15, 0.2) is 71.9 Å². The van der Waals surface area contributed by atoms with Gasteiger partial charge in [0.2, 0.25) is 5.88 Å². The standard InChI is InChI=1S/C22H18N6O3S/c1-15-25-21(28-12-11-24-16(28)2)13-22(26-15)31-19-7-5-18(6-8-19)27-32(29,30)20-9-3-17(14-23)4-10-20/h3-13,27H,1-2H3. The van der Waals surface area contributed by atoms with Crippen LogP contribution >= 0.6 is 0 Å². The van der Waals surface area contributed by atoms with Gasteiger partial charge in [-0.2, -0.15) is 10.2 Å². The van der Waals surface area contributed by atoms with Crippen LogP contribution in [-0.4, -0.2) is 27.9 Å². The van der Waals surface area contributed by atoms with Crippen molar-refractivity contribution < 1.29 is 13.2 Å². The first-order chi connectivity index (χ1) is 15.3. The molecule has 0 saturated heterocycles. The van der Waals surface area contributed by atoms with E-state index in [-0.39, 0.29) is 4.90 Å². The summed E-state index contributed by atoms with van der Waals surface area (Å²) in [4.78, 5) is 13.0. The lowest BCUT2D eigenvalue weighted by Gasteiger charge is -2.11. The van der Waals surface area contributed by atoms with Gasteiger partial charge in [-0.25, -0.2) is 18.4 Å². The van der Waals surface area contributed by atoms with E-state index in [9.17, 15) is 8.42 Å². The van der Waals surface area contributed by atoms with E-state index >= 15 is 0 Å². The lowest BCUT2D eigenvalue weighted by atomic mass is 10.2. The minimum atomic E-state index is -3.78. The van der Waals surface area contributed by atoms with Crippen molar-refractivity contribution in [1.29, 1.82) is 5.26 Å². The third kappa shape index (κ3) is 4.58. The summed E-state index contributed by atoms with van der Waals surface area (Å²) in [5.74, 6) is 2.80. The number of benzene rings is 2. The quantitative estimate of drug-likeness (QED) is 0.478. The van der Waals surface area contributed by atoms with E-state index < -0.39 is 10.0 Å². The first kappa shape index (κ1) is 21.0. The third-order valence-corrected chi connectivity index (χ3v) is 5.89. The zero-order valence-corrected chi connectivity index (χ0v) is 18.0. The summed E-state index contributed by atoms with van der Waals surface area (Å²) in [7, 11) is -3.78. The van der Waals surface area contributed by atoms with Gasteiger partial charge < -0.3 is 4.74 Å². The van der Waals surface area contributed by atoms with Crippen molar-refractivity contribution in [2.24, 2.45) is 0 Å². The average Bonchev–Trinajstić information content (AvgIpc) is 3.20. The SMILES string of the molecule is Cc1nc(Oc2ccc(NS(=O)(=O)c3ccc(C#N)cc3)cc2)cc(-n2ccnc2C)n1. The lowest BCUT2D eigenvalue weighted by Crippen LogP contribution is -2.12. The number of rotatable bonds is 6. The second-order valence-electron chi connectivity index (χ2n) is 6.82. The Morgan fingerprint density at radius 3 is 2.38 bits per heavy atom. The molecule has 4 rings (SSSR count). The summed E-state index contributed by atoms with van der Waals surface area (Å²) in [5.41, 5.74) is 0.757. The minimum absolute atomic E-state index is 0.0654. The van der Waals surface area contributed by atoms with Crippen LogP contribution < -0.4 is 9.46 Å². The molecule has 2 heterocycles. The summed E-state index contributed by atoms with van der Waals surface area (Å²) in [6.07, 6.45) is 3.49. The number of sulfonamides is 1. The zero-order valence-electron chi connectivity index (χ0n) is 17.2. The topological polar surface area (TPSA) is 123 Å². The molecule has 1 N–H and O–H groups in total. The highest BCUT2D eigenvalue weighted by Crippen LogP contribution is 2.24. The van der Waals surface area contributed by atoms with Crippen molar-refractivity contribution in [1.82, 2.24) is 19.5 Å². The van der Waals surface area contributed by atoms with Gasteiger partial charge in [0.25, 0.3) is 10.0 Å². The van der Waals surface area contributed by atoms with Crippen molar-refractivity contribution in [2.75, 3.05) is 4.72 Å². The number of ether oxygens (including phenoxy) is 1. The van der Waals surface area contributed by atoms with Gasteiger partial charge in [-0.05, 0) is 62.4 Å². The maximum absolute atomic E-state index is 12.5. The molecule has 2 aromatic carbocycles. The molecule has 0 aliphatic heterocycles. The van der Waals surface area contributed by atoms with E-state index in [2.05, 4.69) is 19.7 Å². The molecule has 0 bridgehead atoms. The Kier molecular flexibility index (Phi) is 5.57. The second kappa shape index (κ2) is 8.49. The Bertz CT molecular complexity index is 1410. The number of nitriles is 1. The Morgan fingerprint density at radius 1 is 1.03 bits per heavy atom. The minimum Gasteiger partial charge on any atom is -0.439 e. The molecule has 9 nitrogen and oxygen atoms in total. The molecule has 10 heteroatoms. The fourth-order valence-corrected chi connectivity index (χ4v) is 4.01. The number of nitrogens with one attached hydrogen (secondary N) is 1. The molecule has 0 unspecified atom stereocenters. The van der Waals surface area contributed by atoms with Crippen LogP contribution in [0.4, 0.5) is 5.69 Å². The number of aromatic nitrogens is 4. The number of hydrogen-bond donors (Lipinski definition) is 1. The summed E-state index contributed by atoms with van der Waals surface area (Å²) >= 11 is 0. The predicted octanol–water partition coefficient (Wildman–Crippen LogP) is 3.74. The van der Waals surface area contributed by atoms with E-state index in [1.807, 2.05) is 17.6 Å². The Balaban J connectivity index is 1.50. The molecular weight excluding hydrogens is 428 g/mol. The van der Waals surface area contributed by atoms with E-state index in [1.165, 1.54) is 24.3 Å². The fraction of sp³-hybridized carbons (Fsp3) is 0.0909. The van der Waals surface area contributed by atoms with Crippen molar-refractivity contribution in [3.63, 3.8) is 0 Å². The average molecular weight is 446 g/mol. The van der Waals surface area contributed by atoms with E-state index in [1.54, 1.807) is 49.6 Å². The Morgan fingerprint density at radius 2 is 1.75 bits per heavy atom. The molecule has 0 radical (unpaired) electrons. The fourth-order valence-electron chi connectivity index (χ4n) is 2.96. The third-order valence-electron chi connectivity index (χ3n) is 4.50. The van der Waals surface area contributed by atoms with E-state index in [0.29, 0.717) is 34.5 Å². The molecule has 0 spiro atoms. The van der Waals surface area contributed by atoms with Gasteiger partial charge in [0.1, 0.15) is 23.2 Å². The number of hydrogen-bond acceptors (Lipinski definition) is 7. The highest BCUT2D eigenvalue weighted by atomic mass is 32.2. The summed E-state index contributed by atoms with van der Waals surface area (Å²) < 4.78 is 35.3. The van der Waals surface area contributed by atoms with Gasteiger partial charge in [0.15, 0.2) is 0 Å². The molecule has 0 amide bonds. The van der Waals surface area contributed by atoms with Crippen LogP contribution in [0, 0.1) is 25.2 Å². The molecule has 0 aliphatic carbocycles. The molecule has 0 fully saturated rings. The molecule has 32 heavy (non-hydrogen) atoms. The molecule has 2 aromatic heterocycles. The van der Waals surface area contributed by atoms with E-state index in [0.717, 1.165) is 5.82 Å². The first-order valence-electron chi connectivity index (χ1n) is 9.51. The second-order valence-corrected chi connectivity index (χ2v) is 8.51. The van der Waals surface area contributed by atoms with Crippen LogP contribution in [0.1, 0.15) is 17.2 Å². The van der Waals surface area contributed by atoms with E-state index in [4.69, 9.17) is 10.00 Å². The van der Waals surface area contributed by atoms with Gasteiger partial charge in [-0.3, -0.25) is 9.29 Å². The monoisotopic (exact) mass is 446 g/mol. The van der Waals surface area contributed by atoms with Gasteiger partial charge in [-0.1, -0.05) is 0 Å². The van der Waals surface area contributed by atoms with Crippen LogP contribution in [0.5, 0.6) is 11.6 Å². The maximum Gasteiger partial charge on any atom is 0.261 e. The Labute approximate surface area is 185 Å². The number of nitrogens with zero attached hydrogens (tertiary/aromatic N) is 5. The summed E-state index contributed by atoms with van der Waals surface area (Å²) in [6, 6.07) is 15.8.